The molecule has 1 N–H and O–H groups in total. The van der Waals surface area contributed by atoms with Crippen molar-refractivity contribution < 1.29 is 4.79 Å². The molecule has 0 bridgehead atoms. The third-order valence-electron chi connectivity index (χ3n) is 5.37. The molecule has 4 aromatic rings. The Balaban J connectivity index is 1.34. The zero-order valence-corrected chi connectivity index (χ0v) is 17.0. The Kier molecular flexibility index (Phi) is 4.78. The monoisotopic (exact) mass is 415 g/mol. The van der Waals surface area contributed by atoms with Crippen LogP contribution in [0.1, 0.15) is 37.0 Å². The number of rotatable bonds is 6. The predicted octanol–water partition coefficient (Wildman–Crippen LogP) is 2.59. The molecule has 1 aliphatic rings. The van der Waals surface area contributed by atoms with Crippen molar-refractivity contribution in [1.29, 1.82) is 0 Å². The van der Waals surface area contributed by atoms with Crippen molar-refractivity contribution in [2.45, 2.75) is 38.6 Å². The molecular weight excluding hydrogens is 394 g/mol. The number of hydrogen-bond acceptors (Lipinski definition) is 6. The number of tetrazole rings is 1. The molecule has 0 spiro atoms. The smallest absolute Gasteiger partial charge is 0.261 e. The maximum Gasteiger partial charge on any atom is 0.261 e. The highest BCUT2D eigenvalue weighted by molar-refractivity contribution is 5.91. The van der Waals surface area contributed by atoms with Crippen LogP contribution < -0.4 is 10.9 Å². The molecule has 31 heavy (non-hydrogen) atoms. The Bertz CT molecular complexity index is 1340. The molecule has 1 saturated carbocycles. The van der Waals surface area contributed by atoms with Crippen molar-refractivity contribution in [3.05, 3.63) is 70.5 Å². The van der Waals surface area contributed by atoms with Gasteiger partial charge >= 0.3 is 0 Å². The molecule has 1 aliphatic carbocycles. The van der Waals surface area contributed by atoms with Gasteiger partial charge in [0.15, 0.2) is 5.82 Å². The third kappa shape index (κ3) is 3.81. The zero-order chi connectivity index (χ0) is 21.4. The summed E-state index contributed by atoms with van der Waals surface area (Å²) >= 11 is 0. The lowest BCUT2D eigenvalue weighted by molar-refractivity contribution is -0.116. The first kappa shape index (κ1) is 19.1. The van der Waals surface area contributed by atoms with E-state index in [-0.39, 0.29) is 23.9 Å². The second-order valence-corrected chi connectivity index (χ2v) is 7.69. The lowest BCUT2D eigenvalue weighted by atomic mass is 10.2. The summed E-state index contributed by atoms with van der Waals surface area (Å²) in [5.41, 5.74) is 2.07. The molecule has 9 nitrogen and oxygen atoms in total. The van der Waals surface area contributed by atoms with Gasteiger partial charge in [-0.3, -0.25) is 14.2 Å². The number of para-hydroxylation sites is 1. The van der Waals surface area contributed by atoms with E-state index in [2.05, 4.69) is 20.8 Å². The van der Waals surface area contributed by atoms with E-state index in [4.69, 9.17) is 4.98 Å². The van der Waals surface area contributed by atoms with E-state index in [1.807, 2.05) is 42.5 Å². The lowest BCUT2D eigenvalue weighted by Crippen LogP contribution is -2.25. The normalized spacial score (nSPS) is 13.5. The van der Waals surface area contributed by atoms with Gasteiger partial charge < -0.3 is 5.32 Å². The predicted molar refractivity (Wildman–Crippen MR) is 115 cm³/mol. The molecule has 1 amide bonds. The minimum Gasteiger partial charge on any atom is -0.326 e. The number of benzene rings is 2. The van der Waals surface area contributed by atoms with Crippen molar-refractivity contribution >= 4 is 22.5 Å². The van der Waals surface area contributed by atoms with E-state index in [1.165, 1.54) is 0 Å². The number of anilines is 1. The highest BCUT2D eigenvalue weighted by atomic mass is 16.1. The maximum atomic E-state index is 12.9. The summed E-state index contributed by atoms with van der Waals surface area (Å²) in [4.78, 5) is 30.3. The number of carbonyl (C=O) groups is 1. The minimum absolute atomic E-state index is 0.0204. The topological polar surface area (TPSA) is 108 Å². The Labute approximate surface area is 177 Å². The van der Waals surface area contributed by atoms with Gasteiger partial charge in [0.1, 0.15) is 5.82 Å². The van der Waals surface area contributed by atoms with Gasteiger partial charge in [-0.05, 0) is 60.5 Å². The molecule has 9 heteroatoms. The summed E-state index contributed by atoms with van der Waals surface area (Å²) in [6, 6.07) is 14.9. The van der Waals surface area contributed by atoms with Crippen LogP contribution in [-0.2, 0) is 11.2 Å². The van der Waals surface area contributed by atoms with Gasteiger partial charge in [-0.1, -0.05) is 18.2 Å². The van der Waals surface area contributed by atoms with Gasteiger partial charge in [-0.2, -0.15) is 4.68 Å². The summed E-state index contributed by atoms with van der Waals surface area (Å²) in [6.45, 7) is 1.81. The van der Waals surface area contributed by atoms with Gasteiger partial charge in [0, 0.05) is 24.6 Å². The molecule has 0 radical (unpaired) electrons. The van der Waals surface area contributed by atoms with Crippen LogP contribution in [-0.4, -0.2) is 35.7 Å². The van der Waals surface area contributed by atoms with E-state index >= 15 is 0 Å². The quantitative estimate of drug-likeness (QED) is 0.519. The molecule has 0 atom stereocenters. The first-order valence-corrected chi connectivity index (χ1v) is 10.3. The SMILES string of the molecule is Cc1nnnn1-c1cccc(NC(=O)CCc2nc3ccccc3c(=O)n2C2CC2)c1. The Morgan fingerprint density at radius 2 is 2.00 bits per heavy atom. The number of aryl methyl sites for hydroxylation is 2. The Morgan fingerprint density at radius 1 is 1.16 bits per heavy atom. The van der Waals surface area contributed by atoms with Crippen LogP contribution in [0.25, 0.3) is 16.6 Å². The molecule has 0 saturated heterocycles. The van der Waals surface area contributed by atoms with Crippen LogP contribution >= 0.6 is 0 Å². The van der Waals surface area contributed by atoms with Gasteiger partial charge in [-0.25, -0.2) is 4.98 Å². The van der Waals surface area contributed by atoms with E-state index in [1.54, 1.807) is 22.2 Å². The number of nitrogens with one attached hydrogen (secondary N) is 1. The minimum atomic E-state index is -0.143. The van der Waals surface area contributed by atoms with Crippen LogP contribution in [0.5, 0.6) is 0 Å². The largest absolute Gasteiger partial charge is 0.326 e. The number of fused-ring (bicyclic) bond motifs is 1. The number of amides is 1. The fourth-order valence-corrected chi connectivity index (χ4v) is 3.71. The number of carbonyl (C=O) groups excluding carboxylic acids is 1. The van der Waals surface area contributed by atoms with Crippen molar-refractivity contribution in [1.82, 2.24) is 29.8 Å². The molecule has 5 rings (SSSR count). The average molecular weight is 415 g/mol. The molecular formula is C22H21N7O2. The highest BCUT2D eigenvalue weighted by Gasteiger charge is 2.28. The van der Waals surface area contributed by atoms with Gasteiger partial charge in [0.05, 0.1) is 16.6 Å². The lowest BCUT2D eigenvalue weighted by Gasteiger charge is -2.13. The first-order chi connectivity index (χ1) is 15.1. The molecule has 1 fully saturated rings. The van der Waals surface area contributed by atoms with Crippen molar-refractivity contribution in [2.24, 2.45) is 0 Å². The molecule has 0 aliphatic heterocycles. The number of aromatic nitrogens is 6. The number of nitrogens with zero attached hydrogens (tertiary/aromatic N) is 6. The first-order valence-electron chi connectivity index (χ1n) is 10.3. The second-order valence-electron chi connectivity index (χ2n) is 7.69. The third-order valence-corrected chi connectivity index (χ3v) is 5.37. The van der Waals surface area contributed by atoms with Crippen LogP contribution in [0.2, 0.25) is 0 Å². The Morgan fingerprint density at radius 3 is 2.77 bits per heavy atom. The van der Waals surface area contributed by atoms with Crippen molar-refractivity contribution in [3.8, 4) is 5.69 Å². The van der Waals surface area contributed by atoms with Gasteiger partial charge in [0.2, 0.25) is 5.91 Å². The maximum absolute atomic E-state index is 12.9. The van der Waals surface area contributed by atoms with E-state index < -0.39 is 0 Å². The molecule has 2 aromatic carbocycles. The van der Waals surface area contributed by atoms with Crippen LogP contribution in [0.3, 0.4) is 0 Å². The van der Waals surface area contributed by atoms with Gasteiger partial charge in [-0.15, -0.1) is 5.10 Å². The Hall–Kier alpha value is -3.88. The van der Waals surface area contributed by atoms with Crippen LogP contribution in [0, 0.1) is 6.92 Å². The summed E-state index contributed by atoms with van der Waals surface area (Å²) in [7, 11) is 0. The molecule has 156 valence electrons. The molecule has 2 heterocycles. The fraction of sp³-hybridized carbons (Fsp3) is 0.273. The van der Waals surface area contributed by atoms with E-state index in [0.29, 0.717) is 34.7 Å². The van der Waals surface area contributed by atoms with Gasteiger partial charge in [0.25, 0.3) is 5.56 Å². The number of hydrogen-bond donors (Lipinski definition) is 1. The molecule has 2 aromatic heterocycles. The van der Waals surface area contributed by atoms with Crippen LogP contribution in [0.4, 0.5) is 5.69 Å². The summed E-state index contributed by atoms with van der Waals surface area (Å²) in [6.07, 6.45) is 2.57. The average Bonchev–Trinajstić information content (AvgIpc) is 3.51. The summed E-state index contributed by atoms with van der Waals surface area (Å²) < 4.78 is 3.37. The summed E-state index contributed by atoms with van der Waals surface area (Å²) in [5.74, 6) is 1.18. The van der Waals surface area contributed by atoms with Crippen molar-refractivity contribution in [3.63, 3.8) is 0 Å². The zero-order valence-electron chi connectivity index (χ0n) is 17.0. The van der Waals surface area contributed by atoms with E-state index in [9.17, 15) is 9.59 Å². The standard InChI is InChI=1S/C22H21N7O2/c1-14-25-26-27-29(14)17-6-4-5-15(13-17)23-21(30)12-11-20-24-19-8-3-2-7-18(19)22(31)28(20)16-9-10-16/h2-8,13,16H,9-12H2,1H3,(H,23,30). The summed E-state index contributed by atoms with van der Waals surface area (Å²) in [5, 5.41) is 15.0. The van der Waals surface area contributed by atoms with Crippen LogP contribution in [0.15, 0.2) is 53.3 Å². The second kappa shape index (κ2) is 7.75. The highest BCUT2D eigenvalue weighted by Crippen LogP contribution is 2.35. The van der Waals surface area contributed by atoms with Crippen molar-refractivity contribution in [2.75, 3.05) is 5.32 Å². The van der Waals surface area contributed by atoms with E-state index in [0.717, 1.165) is 18.5 Å². The molecule has 0 unspecified atom stereocenters. The fourth-order valence-electron chi connectivity index (χ4n) is 3.71.